The van der Waals surface area contributed by atoms with Crippen molar-refractivity contribution in [1.82, 2.24) is 4.57 Å². The Morgan fingerprint density at radius 2 is 2.33 bits per heavy atom. The lowest BCUT2D eigenvalue weighted by Crippen LogP contribution is -2.24. The smallest absolute Gasteiger partial charge is 0.252 e. The Morgan fingerprint density at radius 1 is 1.53 bits per heavy atom. The molecule has 0 spiro atoms. The number of anilines is 1. The van der Waals surface area contributed by atoms with E-state index in [4.69, 9.17) is 5.73 Å². The van der Waals surface area contributed by atoms with Crippen molar-refractivity contribution in [3.63, 3.8) is 0 Å². The Bertz CT molecular complexity index is 423. The lowest BCUT2D eigenvalue weighted by Gasteiger charge is -2.16. The summed E-state index contributed by atoms with van der Waals surface area (Å²) >= 11 is 0. The summed E-state index contributed by atoms with van der Waals surface area (Å²) in [6.45, 7) is 4.15. The van der Waals surface area contributed by atoms with Crippen molar-refractivity contribution in [1.29, 1.82) is 0 Å². The van der Waals surface area contributed by atoms with Crippen molar-refractivity contribution in [2.75, 3.05) is 11.9 Å². The number of nitrogens with two attached hydrogens (primary N) is 1. The lowest BCUT2D eigenvalue weighted by molar-refractivity contribution is 0.634. The van der Waals surface area contributed by atoms with Crippen LogP contribution in [0, 0.1) is 6.92 Å². The van der Waals surface area contributed by atoms with Crippen molar-refractivity contribution >= 4 is 5.82 Å². The van der Waals surface area contributed by atoms with E-state index in [1.54, 1.807) is 6.07 Å². The van der Waals surface area contributed by atoms with Crippen LogP contribution in [0.1, 0.15) is 24.0 Å². The minimum atomic E-state index is 0.0779. The van der Waals surface area contributed by atoms with Gasteiger partial charge in [-0.3, -0.25) is 9.36 Å². The van der Waals surface area contributed by atoms with E-state index in [2.05, 4.69) is 5.32 Å². The third-order valence-electron chi connectivity index (χ3n) is 2.94. The molecule has 1 aliphatic heterocycles. The first-order chi connectivity index (χ1) is 7.24. The topological polar surface area (TPSA) is 60.0 Å². The number of hydrogen-bond acceptors (Lipinski definition) is 3. The van der Waals surface area contributed by atoms with Crippen LogP contribution >= 0.6 is 0 Å². The van der Waals surface area contributed by atoms with Crippen LogP contribution in [0.25, 0.3) is 0 Å². The van der Waals surface area contributed by atoms with Crippen molar-refractivity contribution in [2.45, 2.75) is 32.9 Å². The van der Waals surface area contributed by atoms with Crippen LogP contribution in [0.3, 0.4) is 0 Å². The highest BCUT2D eigenvalue weighted by Crippen LogP contribution is 2.19. The summed E-state index contributed by atoms with van der Waals surface area (Å²) in [5.74, 6) is 0.931. The maximum Gasteiger partial charge on any atom is 0.252 e. The minimum absolute atomic E-state index is 0.0779. The lowest BCUT2D eigenvalue weighted by atomic mass is 10.1. The van der Waals surface area contributed by atoms with Crippen LogP contribution in [0.2, 0.25) is 0 Å². The Kier molecular flexibility index (Phi) is 2.77. The van der Waals surface area contributed by atoms with E-state index in [0.717, 1.165) is 42.9 Å². The molecular weight excluding hydrogens is 190 g/mol. The first-order valence-corrected chi connectivity index (χ1v) is 5.41. The highest BCUT2D eigenvalue weighted by Gasteiger charge is 2.13. The molecule has 82 valence electrons. The van der Waals surface area contributed by atoms with Crippen LogP contribution in [0.15, 0.2) is 10.9 Å². The largest absolute Gasteiger partial charge is 0.371 e. The molecule has 0 aromatic carbocycles. The number of pyridine rings is 1. The van der Waals surface area contributed by atoms with Gasteiger partial charge in [0, 0.05) is 31.3 Å². The zero-order valence-electron chi connectivity index (χ0n) is 9.05. The molecule has 15 heavy (non-hydrogen) atoms. The molecule has 3 N–H and O–H groups in total. The maximum absolute atomic E-state index is 11.8. The maximum atomic E-state index is 11.8. The number of aromatic nitrogens is 1. The van der Waals surface area contributed by atoms with Gasteiger partial charge in [0.15, 0.2) is 0 Å². The van der Waals surface area contributed by atoms with Gasteiger partial charge in [0.05, 0.1) is 0 Å². The van der Waals surface area contributed by atoms with Crippen LogP contribution < -0.4 is 16.6 Å². The summed E-state index contributed by atoms with van der Waals surface area (Å²) in [4.78, 5) is 11.8. The average molecular weight is 207 g/mol. The van der Waals surface area contributed by atoms with E-state index in [-0.39, 0.29) is 5.56 Å². The van der Waals surface area contributed by atoms with E-state index < -0.39 is 0 Å². The number of fused-ring (bicyclic) bond motifs is 1. The van der Waals surface area contributed by atoms with E-state index >= 15 is 0 Å². The zero-order valence-corrected chi connectivity index (χ0v) is 9.05. The van der Waals surface area contributed by atoms with Gasteiger partial charge in [-0.1, -0.05) is 0 Å². The molecule has 0 amide bonds. The van der Waals surface area contributed by atoms with Crippen molar-refractivity contribution in [2.24, 2.45) is 5.73 Å². The normalized spacial score (nSPS) is 15.3. The predicted molar refractivity (Wildman–Crippen MR) is 61.1 cm³/mol. The summed E-state index contributed by atoms with van der Waals surface area (Å²) in [7, 11) is 0. The minimum Gasteiger partial charge on any atom is -0.371 e. The molecule has 0 atom stereocenters. The molecule has 0 bridgehead atoms. The van der Waals surface area contributed by atoms with Gasteiger partial charge in [0.2, 0.25) is 0 Å². The first kappa shape index (κ1) is 10.2. The number of aryl methyl sites for hydroxylation is 1. The number of nitrogens with zero attached hydrogens (tertiary/aromatic N) is 1. The summed E-state index contributed by atoms with van der Waals surface area (Å²) in [6.07, 6.45) is 2.15. The standard InChI is InChI=1S/C11H17N3O/c1-8-6-10(15)14-5-3-2-4-13-11(14)9(8)7-12/h6,13H,2-5,7,12H2,1H3. The Hall–Kier alpha value is -1.29. The first-order valence-electron chi connectivity index (χ1n) is 5.41. The van der Waals surface area contributed by atoms with Gasteiger partial charge in [-0.05, 0) is 25.3 Å². The molecule has 0 saturated carbocycles. The number of hydrogen-bond donors (Lipinski definition) is 2. The Morgan fingerprint density at radius 3 is 3.07 bits per heavy atom. The van der Waals surface area contributed by atoms with E-state index in [1.807, 2.05) is 11.5 Å². The van der Waals surface area contributed by atoms with Crippen LogP contribution in [-0.4, -0.2) is 11.1 Å². The quantitative estimate of drug-likeness (QED) is 0.716. The molecule has 0 unspecified atom stereocenters. The molecule has 2 rings (SSSR count). The third kappa shape index (κ3) is 1.77. The fourth-order valence-electron chi connectivity index (χ4n) is 2.09. The zero-order chi connectivity index (χ0) is 10.8. The third-order valence-corrected chi connectivity index (χ3v) is 2.94. The summed E-state index contributed by atoms with van der Waals surface area (Å²) in [5, 5.41) is 3.31. The van der Waals surface area contributed by atoms with Gasteiger partial charge in [-0.2, -0.15) is 0 Å². The second-order valence-electron chi connectivity index (χ2n) is 3.98. The van der Waals surface area contributed by atoms with Crippen molar-refractivity contribution in [3.8, 4) is 0 Å². The fourth-order valence-corrected chi connectivity index (χ4v) is 2.09. The molecule has 1 aliphatic rings. The predicted octanol–water partition coefficient (Wildman–Crippen LogP) is 0.821. The monoisotopic (exact) mass is 207 g/mol. The molecule has 0 aliphatic carbocycles. The van der Waals surface area contributed by atoms with Gasteiger partial charge in [0.25, 0.3) is 5.56 Å². The molecule has 2 heterocycles. The van der Waals surface area contributed by atoms with Crippen LogP contribution in [0.4, 0.5) is 5.82 Å². The van der Waals surface area contributed by atoms with E-state index in [1.165, 1.54) is 0 Å². The number of rotatable bonds is 1. The molecule has 0 saturated heterocycles. The molecule has 1 aromatic rings. The molecule has 0 fully saturated rings. The second-order valence-corrected chi connectivity index (χ2v) is 3.98. The van der Waals surface area contributed by atoms with Crippen molar-refractivity contribution < 1.29 is 0 Å². The van der Waals surface area contributed by atoms with Gasteiger partial charge in [-0.15, -0.1) is 0 Å². The summed E-state index contributed by atoms with van der Waals surface area (Å²) in [5.41, 5.74) is 7.85. The van der Waals surface area contributed by atoms with Gasteiger partial charge in [0.1, 0.15) is 5.82 Å². The Balaban J connectivity index is 2.63. The molecular formula is C11H17N3O. The van der Waals surface area contributed by atoms with E-state index in [0.29, 0.717) is 6.54 Å². The Labute approximate surface area is 89.1 Å². The molecule has 4 heteroatoms. The summed E-state index contributed by atoms with van der Waals surface area (Å²) < 4.78 is 1.81. The fraction of sp³-hybridized carbons (Fsp3) is 0.545. The van der Waals surface area contributed by atoms with Crippen molar-refractivity contribution in [3.05, 3.63) is 27.5 Å². The molecule has 1 aromatic heterocycles. The average Bonchev–Trinajstić information content (AvgIpc) is 2.44. The molecule has 0 radical (unpaired) electrons. The van der Waals surface area contributed by atoms with Gasteiger partial charge >= 0.3 is 0 Å². The SMILES string of the molecule is Cc1cc(=O)n2c(c1CN)NCCCC2. The molecule has 4 nitrogen and oxygen atoms in total. The summed E-state index contributed by atoms with van der Waals surface area (Å²) in [6, 6.07) is 1.68. The van der Waals surface area contributed by atoms with Crippen LogP contribution in [-0.2, 0) is 13.1 Å². The number of nitrogens with one attached hydrogen (secondary N) is 1. The second kappa shape index (κ2) is 4.06. The van der Waals surface area contributed by atoms with E-state index in [9.17, 15) is 4.79 Å². The highest BCUT2D eigenvalue weighted by atomic mass is 16.1. The van der Waals surface area contributed by atoms with Crippen LogP contribution in [0.5, 0.6) is 0 Å². The van der Waals surface area contributed by atoms with Gasteiger partial charge in [-0.25, -0.2) is 0 Å². The van der Waals surface area contributed by atoms with Gasteiger partial charge < -0.3 is 11.1 Å². The highest BCUT2D eigenvalue weighted by molar-refractivity contribution is 5.49.